The van der Waals surface area contributed by atoms with E-state index in [9.17, 15) is 4.79 Å². The van der Waals surface area contributed by atoms with Crippen molar-refractivity contribution in [2.24, 2.45) is 0 Å². The minimum atomic E-state index is -0.242. The predicted octanol–water partition coefficient (Wildman–Crippen LogP) is 0.813. The molecule has 102 valence electrons. The van der Waals surface area contributed by atoms with Gasteiger partial charge in [0.2, 0.25) is 11.8 Å². The summed E-state index contributed by atoms with van der Waals surface area (Å²) in [5.41, 5.74) is -0.212. The Bertz CT molecular complexity index is 395. The van der Waals surface area contributed by atoms with Gasteiger partial charge in [0.25, 0.3) is 0 Å². The van der Waals surface area contributed by atoms with Gasteiger partial charge in [0.05, 0.1) is 6.04 Å². The first kappa shape index (κ1) is 14.6. The van der Waals surface area contributed by atoms with E-state index in [0.29, 0.717) is 24.7 Å². The van der Waals surface area contributed by atoms with Crippen molar-refractivity contribution in [3.05, 3.63) is 11.7 Å². The van der Waals surface area contributed by atoms with Crippen molar-refractivity contribution in [2.45, 2.75) is 52.6 Å². The minimum Gasteiger partial charge on any atom is -0.350 e. The highest BCUT2D eigenvalue weighted by Crippen LogP contribution is 2.00. The maximum atomic E-state index is 11.8. The largest absolute Gasteiger partial charge is 0.350 e. The van der Waals surface area contributed by atoms with Gasteiger partial charge >= 0.3 is 0 Å². The predicted molar refractivity (Wildman–Crippen MR) is 68.1 cm³/mol. The molecule has 6 nitrogen and oxygen atoms in total. The summed E-state index contributed by atoms with van der Waals surface area (Å²) < 4.78 is 4.99. The Morgan fingerprint density at radius 1 is 1.44 bits per heavy atom. The first-order valence-electron chi connectivity index (χ1n) is 6.12. The molecular weight excluding hydrogens is 232 g/mol. The third-order valence-corrected chi connectivity index (χ3v) is 2.25. The van der Waals surface area contributed by atoms with E-state index in [1.807, 2.05) is 27.7 Å². The van der Waals surface area contributed by atoms with Gasteiger partial charge in [-0.15, -0.1) is 0 Å². The lowest BCUT2D eigenvalue weighted by Crippen LogP contribution is -2.49. The minimum absolute atomic E-state index is 0.00999. The van der Waals surface area contributed by atoms with Crippen LogP contribution in [0.3, 0.4) is 0 Å². The van der Waals surface area contributed by atoms with E-state index < -0.39 is 0 Å². The number of nitrogens with one attached hydrogen (secondary N) is 2. The lowest BCUT2D eigenvalue weighted by Gasteiger charge is -2.23. The Morgan fingerprint density at radius 2 is 2.11 bits per heavy atom. The maximum Gasteiger partial charge on any atom is 0.237 e. The van der Waals surface area contributed by atoms with Crippen LogP contribution in [0.1, 0.15) is 39.4 Å². The summed E-state index contributed by atoms with van der Waals surface area (Å²) in [5.74, 6) is 1.20. The lowest BCUT2D eigenvalue weighted by molar-refractivity contribution is -0.124. The van der Waals surface area contributed by atoms with E-state index in [0.717, 1.165) is 0 Å². The Balaban J connectivity index is 2.28. The van der Waals surface area contributed by atoms with E-state index in [-0.39, 0.29) is 17.5 Å². The fourth-order valence-corrected chi connectivity index (χ4v) is 1.41. The molecule has 2 N–H and O–H groups in total. The quantitative estimate of drug-likeness (QED) is 0.813. The second-order valence-corrected chi connectivity index (χ2v) is 5.40. The Labute approximate surface area is 108 Å². The number of hydrogen-bond acceptors (Lipinski definition) is 5. The topological polar surface area (TPSA) is 80.0 Å². The first-order valence-corrected chi connectivity index (χ1v) is 6.12. The van der Waals surface area contributed by atoms with Gasteiger partial charge in [0.1, 0.15) is 0 Å². The number of rotatable bonds is 5. The van der Waals surface area contributed by atoms with Gasteiger partial charge < -0.3 is 15.2 Å². The van der Waals surface area contributed by atoms with Gasteiger partial charge in [-0.3, -0.25) is 4.79 Å². The van der Waals surface area contributed by atoms with Gasteiger partial charge in [0, 0.05) is 18.5 Å². The number of hydrogen-bond donors (Lipinski definition) is 2. The maximum absolute atomic E-state index is 11.8. The molecule has 0 aromatic carbocycles. The molecule has 0 fully saturated rings. The van der Waals surface area contributed by atoms with Crippen LogP contribution in [-0.2, 0) is 11.2 Å². The molecular formula is C12H22N4O2. The van der Waals surface area contributed by atoms with Crippen LogP contribution in [0.2, 0.25) is 0 Å². The molecule has 0 radical (unpaired) electrons. The molecule has 1 rings (SSSR count). The second kappa shape index (κ2) is 5.95. The zero-order valence-corrected chi connectivity index (χ0v) is 11.7. The summed E-state index contributed by atoms with van der Waals surface area (Å²) in [6, 6.07) is -0.242. The molecule has 0 aliphatic carbocycles. The van der Waals surface area contributed by atoms with Crippen molar-refractivity contribution in [3.63, 3.8) is 0 Å². The van der Waals surface area contributed by atoms with Crippen LogP contribution in [0.15, 0.2) is 4.52 Å². The first-order chi connectivity index (χ1) is 8.28. The molecule has 0 aliphatic heterocycles. The lowest BCUT2D eigenvalue weighted by atomic mass is 10.1. The molecule has 1 heterocycles. The van der Waals surface area contributed by atoms with Crippen LogP contribution in [0.4, 0.5) is 0 Å². The summed E-state index contributed by atoms with van der Waals surface area (Å²) in [5, 5.41) is 9.75. The van der Waals surface area contributed by atoms with Crippen LogP contribution < -0.4 is 10.6 Å². The zero-order chi connectivity index (χ0) is 13.8. The monoisotopic (exact) mass is 254 g/mol. The van der Waals surface area contributed by atoms with E-state index in [1.165, 1.54) is 0 Å². The molecule has 1 unspecified atom stereocenters. The third kappa shape index (κ3) is 5.27. The van der Waals surface area contributed by atoms with E-state index in [2.05, 4.69) is 20.8 Å². The number of nitrogens with zero attached hydrogens (tertiary/aromatic N) is 2. The van der Waals surface area contributed by atoms with Crippen LogP contribution >= 0.6 is 0 Å². The SMILES string of the molecule is Cc1noc(CCNC(C)C(=O)NC(C)(C)C)n1. The summed E-state index contributed by atoms with van der Waals surface area (Å²) in [7, 11) is 0. The molecule has 1 amide bonds. The van der Waals surface area contributed by atoms with Crippen molar-refractivity contribution in [1.29, 1.82) is 0 Å². The number of amides is 1. The van der Waals surface area contributed by atoms with Crippen LogP contribution in [-0.4, -0.2) is 34.2 Å². The van der Waals surface area contributed by atoms with Gasteiger partial charge in [0.15, 0.2) is 5.82 Å². The van der Waals surface area contributed by atoms with E-state index >= 15 is 0 Å². The average Bonchev–Trinajstić information content (AvgIpc) is 2.61. The number of aromatic nitrogens is 2. The number of aryl methyl sites for hydroxylation is 1. The molecule has 0 bridgehead atoms. The molecule has 1 aromatic heterocycles. The highest BCUT2D eigenvalue weighted by molar-refractivity contribution is 5.81. The molecule has 1 aromatic rings. The molecule has 18 heavy (non-hydrogen) atoms. The molecule has 1 atom stereocenters. The van der Waals surface area contributed by atoms with E-state index in [4.69, 9.17) is 4.52 Å². The van der Waals surface area contributed by atoms with Crippen molar-refractivity contribution in [2.75, 3.05) is 6.54 Å². The highest BCUT2D eigenvalue weighted by Gasteiger charge is 2.18. The van der Waals surface area contributed by atoms with Crippen molar-refractivity contribution in [3.8, 4) is 0 Å². The Morgan fingerprint density at radius 3 is 2.61 bits per heavy atom. The van der Waals surface area contributed by atoms with Gasteiger partial charge in [-0.05, 0) is 34.6 Å². The van der Waals surface area contributed by atoms with Crippen molar-refractivity contribution >= 4 is 5.91 Å². The summed E-state index contributed by atoms with van der Waals surface area (Å²) in [6.07, 6.45) is 0.619. The molecule has 0 saturated heterocycles. The average molecular weight is 254 g/mol. The summed E-state index contributed by atoms with van der Waals surface area (Å²) in [4.78, 5) is 15.9. The van der Waals surface area contributed by atoms with Crippen LogP contribution in [0.25, 0.3) is 0 Å². The summed E-state index contributed by atoms with van der Waals surface area (Å²) >= 11 is 0. The van der Waals surface area contributed by atoms with Crippen molar-refractivity contribution < 1.29 is 9.32 Å². The number of carbonyl (C=O) groups excluding carboxylic acids is 1. The third-order valence-electron chi connectivity index (χ3n) is 2.25. The van der Waals surface area contributed by atoms with E-state index in [1.54, 1.807) is 6.92 Å². The van der Waals surface area contributed by atoms with Gasteiger partial charge in [-0.25, -0.2) is 0 Å². The van der Waals surface area contributed by atoms with Gasteiger partial charge in [-0.1, -0.05) is 5.16 Å². The second-order valence-electron chi connectivity index (χ2n) is 5.40. The van der Waals surface area contributed by atoms with Crippen LogP contribution in [0, 0.1) is 6.92 Å². The molecule has 0 saturated carbocycles. The summed E-state index contributed by atoms with van der Waals surface area (Å²) in [6.45, 7) is 10.1. The fourth-order valence-electron chi connectivity index (χ4n) is 1.41. The van der Waals surface area contributed by atoms with Crippen LogP contribution in [0.5, 0.6) is 0 Å². The normalized spacial score (nSPS) is 13.4. The highest BCUT2D eigenvalue weighted by atomic mass is 16.5. The molecule has 6 heteroatoms. The smallest absolute Gasteiger partial charge is 0.237 e. The Hall–Kier alpha value is -1.43. The Kier molecular flexibility index (Phi) is 4.84. The van der Waals surface area contributed by atoms with Crippen molar-refractivity contribution in [1.82, 2.24) is 20.8 Å². The molecule has 0 aliphatic rings. The standard InChI is InChI=1S/C12H22N4O2/c1-8(11(17)15-12(3,4)5)13-7-6-10-14-9(2)16-18-10/h8,13H,6-7H2,1-5H3,(H,15,17). The van der Waals surface area contributed by atoms with Gasteiger partial charge in [-0.2, -0.15) is 4.98 Å². The zero-order valence-electron chi connectivity index (χ0n) is 11.7. The fraction of sp³-hybridized carbons (Fsp3) is 0.750. The number of carbonyl (C=O) groups is 1. The molecule has 0 spiro atoms.